The lowest BCUT2D eigenvalue weighted by atomic mass is 9.81. The number of ether oxygens (including phenoxy) is 2. The van der Waals surface area contributed by atoms with E-state index in [1.165, 1.54) is 19.1 Å². The molecule has 0 unspecified atom stereocenters. The molecule has 6 nitrogen and oxygen atoms in total. The molecule has 0 spiro atoms. The predicted molar refractivity (Wildman–Crippen MR) is 109 cm³/mol. The van der Waals surface area contributed by atoms with Crippen LogP contribution in [-0.2, 0) is 14.3 Å². The molecule has 1 fully saturated rings. The van der Waals surface area contributed by atoms with Crippen molar-refractivity contribution in [3.63, 3.8) is 0 Å². The van der Waals surface area contributed by atoms with Crippen LogP contribution in [0.15, 0.2) is 42.5 Å². The molecule has 0 aliphatic carbocycles. The van der Waals surface area contributed by atoms with Crippen LogP contribution < -0.4 is 10.1 Å². The Labute approximate surface area is 175 Å². The van der Waals surface area contributed by atoms with E-state index in [-0.39, 0.29) is 17.8 Å². The summed E-state index contributed by atoms with van der Waals surface area (Å²) >= 11 is 0. The molecule has 2 N–H and O–H groups in total. The van der Waals surface area contributed by atoms with Crippen LogP contribution in [0.3, 0.4) is 0 Å². The Morgan fingerprint density at radius 1 is 1.20 bits per heavy atom. The third-order valence-electron chi connectivity index (χ3n) is 5.19. The number of nitrogens with one attached hydrogen (secondary N) is 1. The average Bonchev–Trinajstić information content (AvgIpc) is 2.65. The van der Waals surface area contributed by atoms with E-state index in [2.05, 4.69) is 5.32 Å². The van der Waals surface area contributed by atoms with Gasteiger partial charge in [0.25, 0.3) is 0 Å². The first-order valence-electron chi connectivity index (χ1n) is 9.80. The summed E-state index contributed by atoms with van der Waals surface area (Å²) in [6.07, 6.45) is 0.174. The molecule has 1 aliphatic heterocycles. The van der Waals surface area contributed by atoms with Gasteiger partial charge < -0.3 is 19.9 Å². The highest BCUT2D eigenvalue weighted by Gasteiger charge is 2.40. The molecule has 160 valence electrons. The van der Waals surface area contributed by atoms with Crippen molar-refractivity contribution in [1.82, 2.24) is 5.32 Å². The fourth-order valence-electron chi connectivity index (χ4n) is 3.95. The number of carbonyl (C=O) groups is 2. The quantitative estimate of drug-likeness (QED) is 0.743. The molecule has 0 bridgehead atoms. The van der Waals surface area contributed by atoms with Crippen LogP contribution in [0.2, 0.25) is 0 Å². The SMILES string of the molecule is CC(=O)N[C@]1(C)C[C@@H](c2ccc(F)cc2)O[C@@H](c2ccc(C)cc2OCC(=O)O)C1. The van der Waals surface area contributed by atoms with Crippen molar-refractivity contribution in [2.24, 2.45) is 0 Å². The zero-order chi connectivity index (χ0) is 21.9. The molecule has 0 saturated carbocycles. The molecular weight excluding hydrogens is 389 g/mol. The van der Waals surface area contributed by atoms with Gasteiger partial charge in [0.2, 0.25) is 5.91 Å². The van der Waals surface area contributed by atoms with E-state index in [0.29, 0.717) is 24.2 Å². The van der Waals surface area contributed by atoms with E-state index in [4.69, 9.17) is 14.6 Å². The summed E-state index contributed by atoms with van der Waals surface area (Å²) in [5.41, 5.74) is 1.88. The fourth-order valence-corrected chi connectivity index (χ4v) is 3.95. The van der Waals surface area contributed by atoms with Crippen molar-refractivity contribution in [2.45, 2.75) is 51.4 Å². The normalized spacial score (nSPS) is 23.6. The maximum absolute atomic E-state index is 13.4. The third-order valence-corrected chi connectivity index (χ3v) is 5.19. The summed E-state index contributed by atoms with van der Waals surface area (Å²) in [4.78, 5) is 22.8. The van der Waals surface area contributed by atoms with E-state index < -0.39 is 24.2 Å². The predicted octanol–water partition coefficient (Wildman–Crippen LogP) is 4.09. The Morgan fingerprint density at radius 2 is 1.87 bits per heavy atom. The van der Waals surface area contributed by atoms with Crippen molar-refractivity contribution in [2.75, 3.05) is 6.61 Å². The minimum atomic E-state index is -1.07. The van der Waals surface area contributed by atoms with Crippen LogP contribution >= 0.6 is 0 Å². The first kappa shape index (κ1) is 21.8. The van der Waals surface area contributed by atoms with Crippen molar-refractivity contribution in [1.29, 1.82) is 0 Å². The van der Waals surface area contributed by atoms with Crippen molar-refractivity contribution < 1.29 is 28.6 Å². The zero-order valence-corrected chi connectivity index (χ0v) is 17.3. The van der Waals surface area contributed by atoms with Crippen molar-refractivity contribution in [3.8, 4) is 5.75 Å². The largest absolute Gasteiger partial charge is 0.482 e. The van der Waals surface area contributed by atoms with Crippen LogP contribution in [-0.4, -0.2) is 29.1 Å². The monoisotopic (exact) mass is 415 g/mol. The Kier molecular flexibility index (Phi) is 6.41. The molecule has 3 atom stereocenters. The van der Waals surface area contributed by atoms with E-state index in [1.807, 2.05) is 26.0 Å². The van der Waals surface area contributed by atoms with E-state index in [9.17, 15) is 14.0 Å². The molecule has 1 amide bonds. The van der Waals surface area contributed by atoms with Gasteiger partial charge in [0.15, 0.2) is 6.61 Å². The number of carbonyl (C=O) groups excluding carboxylic acids is 1. The van der Waals surface area contributed by atoms with Crippen LogP contribution in [0.4, 0.5) is 4.39 Å². The van der Waals surface area contributed by atoms with Gasteiger partial charge in [-0.25, -0.2) is 9.18 Å². The first-order chi connectivity index (χ1) is 14.1. The fraction of sp³-hybridized carbons (Fsp3) is 0.391. The summed E-state index contributed by atoms with van der Waals surface area (Å²) in [5, 5.41) is 12.0. The number of aliphatic carboxylic acids is 1. The Morgan fingerprint density at radius 3 is 2.50 bits per heavy atom. The smallest absolute Gasteiger partial charge is 0.341 e. The summed E-state index contributed by atoms with van der Waals surface area (Å²) in [5.74, 6) is -1.12. The van der Waals surface area contributed by atoms with E-state index >= 15 is 0 Å². The third kappa shape index (κ3) is 5.36. The van der Waals surface area contributed by atoms with Gasteiger partial charge in [0.05, 0.1) is 12.2 Å². The van der Waals surface area contributed by atoms with E-state index in [1.54, 1.807) is 18.2 Å². The number of carboxylic acids is 1. The molecule has 0 radical (unpaired) electrons. The average molecular weight is 415 g/mol. The van der Waals surface area contributed by atoms with Crippen LogP contribution in [0.5, 0.6) is 5.75 Å². The topological polar surface area (TPSA) is 84.9 Å². The first-order valence-corrected chi connectivity index (χ1v) is 9.80. The maximum atomic E-state index is 13.4. The number of hydrogen-bond donors (Lipinski definition) is 2. The molecule has 1 saturated heterocycles. The highest BCUT2D eigenvalue weighted by atomic mass is 19.1. The highest BCUT2D eigenvalue weighted by molar-refractivity contribution is 5.73. The van der Waals surface area contributed by atoms with Crippen LogP contribution in [0.25, 0.3) is 0 Å². The standard InChI is InChI=1S/C23H26FNO5/c1-14-4-9-18(19(10-14)29-13-22(27)28)21-12-23(3,25-15(2)26)11-20(30-21)16-5-7-17(24)8-6-16/h4-10,20-21H,11-13H2,1-3H3,(H,25,26)(H,27,28)/t20-,21+,23+/m0/s1. The Hall–Kier alpha value is -2.93. The molecule has 7 heteroatoms. The molecular formula is C23H26FNO5. The van der Waals surface area contributed by atoms with Gasteiger partial charge in [-0.1, -0.05) is 24.3 Å². The van der Waals surface area contributed by atoms with Gasteiger partial charge in [-0.3, -0.25) is 4.79 Å². The van der Waals surface area contributed by atoms with Gasteiger partial charge in [0.1, 0.15) is 11.6 Å². The van der Waals surface area contributed by atoms with Crippen LogP contribution in [0, 0.1) is 12.7 Å². The maximum Gasteiger partial charge on any atom is 0.341 e. The Bertz CT molecular complexity index is 930. The van der Waals surface area contributed by atoms with Gasteiger partial charge in [-0.15, -0.1) is 0 Å². The summed E-state index contributed by atoms with van der Waals surface area (Å²) in [6, 6.07) is 11.7. The Balaban J connectivity index is 1.97. The molecule has 2 aromatic carbocycles. The number of aryl methyl sites for hydroxylation is 1. The van der Waals surface area contributed by atoms with Gasteiger partial charge in [0, 0.05) is 30.9 Å². The lowest BCUT2D eigenvalue weighted by molar-refractivity contribution is -0.139. The lowest BCUT2D eigenvalue weighted by Crippen LogP contribution is -2.50. The highest BCUT2D eigenvalue weighted by Crippen LogP contribution is 2.45. The number of amides is 1. The molecule has 1 aliphatic rings. The summed E-state index contributed by atoms with van der Waals surface area (Å²) in [6.45, 7) is 4.84. The molecule has 3 rings (SSSR count). The summed E-state index contributed by atoms with van der Waals surface area (Å²) < 4.78 is 25.3. The number of carboxylic acid groups (broad SMARTS) is 1. The summed E-state index contributed by atoms with van der Waals surface area (Å²) in [7, 11) is 0. The molecule has 30 heavy (non-hydrogen) atoms. The van der Waals surface area contributed by atoms with Gasteiger partial charge >= 0.3 is 5.97 Å². The number of benzene rings is 2. The number of rotatable bonds is 6. The second kappa shape index (κ2) is 8.83. The van der Waals surface area contributed by atoms with E-state index in [0.717, 1.165) is 11.1 Å². The zero-order valence-electron chi connectivity index (χ0n) is 17.3. The minimum absolute atomic E-state index is 0.151. The molecule has 0 aromatic heterocycles. The lowest BCUT2D eigenvalue weighted by Gasteiger charge is -2.43. The van der Waals surface area contributed by atoms with Crippen molar-refractivity contribution in [3.05, 3.63) is 65.0 Å². The van der Waals surface area contributed by atoms with Gasteiger partial charge in [-0.05, 0) is 43.2 Å². The van der Waals surface area contributed by atoms with Crippen LogP contribution in [0.1, 0.15) is 55.6 Å². The second-order valence-corrected chi connectivity index (χ2v) is 8.04. The molecule has 2 aromatic rings. The van der Waals surface area contributed by atoms with Crippen molar-refractivity contribution >= 4 is 11.9 Å². The van der Waals surface area contributed by atoms with Gasteiger partial charge in [-0.2, -0.15) is 0 Å². The minimum Gasteiger partial charge on any atom is -0.482 e. The number of hydrogen-bond acceptors (Lipinski definition) is 4. The second-order valence-electron chi connectivity index (χ2n) is 8.04. The number of halogens is 1. The molecule has 1 heterocycles.